The van der Waals surface area contributed by atoms with Gasteiger partial charge in [0, 0.05) is 30.4 Å². The van der Waals surface area contributed by atoms with E-state index in [4.69, 9.17) is 0 Å². The number of hydrogen-bond acceptors (Lipinski definition) is 3. The largest absolute Gasteiger partial charge is 0.441 e. The van der Waals surface area contributed by atoms with Gasteiger partial charge in [-0.15, -0.1) is 0 Å². The van der Waals surface area contributed by atoms with Crippen LogP contribution in [0.4, 0.5) is 13.2 Å². The quantitative estimate of drug-likeness (QED) is 0.857. The zero-order valence-corrected chi connectivity index (χ0v) is 13.0. The van der Waals surface area contributed by atoms with Crippen LogP contribution in [0.15, 0.2) is 0 Å². The fourth-order valence-electron chi connectivity index (χ4n) is 3.47. The summed E-state index contributed by atoms with van der Waals surface area (Å²) in [5.41, 5.74) is -3.94. The van der Waals surface area contributed by atoms with E-state index in [1.807, 2.05) is 0 Å². The predicted molar refractivity (Wildman–Crippen MR) is 78.0 cm³/mol. The summed E-state index contributed by atoms with van der Waals surface area (Å²) in [5.74, 6) is 0.143. The minimum atomic E-state index is -4.10. The highest BCUT2D eigenvalue weighted by Gasteiger charge is 2.37. The Labute approximate surface area is 123 Å². The monoisotopic (exact) mass is 310 g/mol. The Morgan fingerprint density at radius 2 is 1.95 bits per heavy atom. The minimum absolute atomic E-state index is 0.109. The SMILES string of the molecule is CC1CCNC2(CCCCC2)CN1CCSC(F)(F)F. The number of hydrogen-bond donors (Lipinski definition) is 1. The first-order valence-corrected chi connectivity index (χ1v) is 8.59. The highest BCUT2D eigenvalue weighted by atomic mass is 32.2. The Hall–Kier alpha value is 0.0600. The molecule has 0 aromatic heterocycles. The lowest BCUT2D eigenvalue weighted by Gasteiger charge is -2.41. The first-order chi connectivity index (χ1) is 9.40. The van der Waals surface area contributed by atoms with Crippen molar-refractivity contribution in [3.63, 3.8) is 0 Å². The first-order valence-electron chi connectivity index (χ1n) is 7.60. The van der Waals surface area contributed by atoms with E-state index in [1.54, 1.807) is 0 Å². The van der Waals surface area contributed by atoms with Crippen LogP contribution in [0, 0.1) is 0 Å². The van der Waals surface area contributed by atoms with Gasteiger partial charge in [0.05, 0.1) is 0 Å². The molecular formula is C14H25F3N2S. The molecule has 1 unspecified atom stereocenters. The van der Waals surface area contributed by atoms with Gasteiger partial charge in [-0.1, -0.05) is 19.3 Å². The van der Waals surface area contributed by atoms with Gasteiger partial charge in [0.2, 0.25) is 0 Å². The number of alkyl halides is 3. The lowest BCUT2D eigenvalue weighted by molar-refractivity contribution is -0.0329. The molecule has 20 heavy (non-hydrogen) atoms. The highest BCUT2D eigenvalue weighted by molar-refractivity contribution is 8.00. The van der Waals surface area contributed by atoms with E-state index in [2.05, 4.69) is 17.1 Å². The molecule has 2 rings (SSSR count). The van der Waals surface area contributed by atoms with Crippen molar-refractivity contribution in [2.45, 2.75) is 62.5 Å². The topological polar surface area (TPSA) is 15.3 Å². The zero-order valence-electron chi connectivity index (χ0n) is 12.1. The molecular weight excluding hydrogens is 285 g/mol. The minimum Gasteiger partial charge on any atom is -0.310 e. The van der Waals surface area contributed by atoms with Crippen LogP contribution >= 0.6 is 11.8 Å². The van der Waals surface area contributed by atoms with Crippen molar-refractivity contribution in [2.75, 3.05) is 25.4 Å². The van der Waals surface area contributed by atoms with E-state index < -0.39 is 5.51 Å². The zero-order chi connectivity index (χ0) is 14.6. The molecule has 1 N–H and O–H groups in total. The van der Waals surface area contributed by atoms with Crippen LogP contribution in [0.5, 0.6) is 0 Å². The van der Waals surface area contributed by atoms with Gasteiger partial charge in [0.1, 0.15) is 0 Å². The molecule has 0 amide bonds. The predicted octanol–water partition coefficient (Wildman–Crippen LogP) is 3.63. The summed E-state index contributed by atoms with van der Waals surface area (Å²) in [6, 6.07) is 0.373. The average Bonchev–Trinajstić information content (AvgIpc) is 2.50. The summed E-state index contributed by atoms with van der Waals surface area (Å²) in [6.45, 7) is 4.58. The fourth-order valence-corrected chi connectivity index (χ4v) is 4.03. The third-order valence-corrected chi connectivity index (χ3v) is 5.36. The van der Waals surface area contributed by atoms with Gasteiger partial charge in [-0.3, -0.25) is 4.90 Å². The lowest BCUT2D eigenvalue weighted by Crippen LogP contribution is -2.53. The number of halogens is 3. The van der Waals surface area contributed by atoms with E-state index in [9.17, 15) is 13.2 Å². The summed E-state index contributed by atoms with van der Waals surface area (Å²) >= 11 is 0.109. The second kappa shape index (κ2) is 6.88. The number of nitrogens with zero attached hydrogens (tertiary/aromatic N) is 1. The third-order valence-electron chi connectivity index (χ3n) is 4.65. The molecule has 2 fully saturated rings. The van der Waals surface area contributed by atoms with Gasteiger partial charge < -0.3 is 5.32 Å². The Kier molecular flexibility index (Phi) is 5.65. The summed E-state index contributed by atoms with van der Waals surface area (Å²) in [6.07, 6.45) is 7.14. The van der Waals surface area contributed by atoms with Crippen LogP contribution in [0.25, 0.3) is 0 Å². The normalized spacial score (nSPS) is 28.5. The molecule has 118 valence electrons. The molecule has 1 atom stereocenters. The molecule has 1 aliphatic carbocycles. The molecule has 0 radical (unpaired) electrons. The molecule has 1 heterocycles. The van der Waals surface area contributed by atoms with Gasteiger partial charge in [-0.2, -0.15) is 13.2 Å². The molecule has 2 aliphatic rings. The average molecular weight is 310 g/mol. The maximum absolute atomic E-state index is 12.3. The van der Waals surface area contributed by atoms with Crippen LogP contribution < -0.4 is 5.32 Å². The Balaban J connectivity index is 1.90. The summed E-state index contributed by atoms with van der Waals surface area (Å²) in [5, 5.41) is 3.69. The fraction of sp³-hybridized carbons (Fsp3) is 1.00. The standard InChI is InChI=1S/C14H25F3N2S/c1-12-5-8-18-13(6-3-2-4-7-13)11-19(12)9-10-20-14(15,16)17/h12,18H,2-11H2,1H3. The maximum Gasteiger partial charge on any atom is 0.441 e. The van der Waals surface area contributed by atoms with E-state index >= 15 is 0 Å². The number of nitrogens with one attached hydrogen (secondary N) is 1. The van der Waals surface area contributed by atoms with Gasteiger partial charge in [-0.05, 0) is 44.5 Å². The Morgan fingerprint density at radius 1 is 1.25 bits per heavy atom. The molecule has 2 nitrogen and oxygen atoms in total. The highest BCUT2D eigenvalue weighted by Crippen LogP contribution is 2.33. The number of thioether (sulfide) groups is 1. The molecule has 1 saturated heterocycles. The lowest BCUT2D eigenvalue weighted by atomic mass is 9.81. The van der Waals surface area contributed by atoms with Crippen molar-refractivity contribution in [3.8, 4) is 0 Å². The van der Waals surface area contributed by atoms with E-state index in [-0.39, 0.29) is 23.1 Å². The maximum atomic E-state index is 12.3. The van der Waals surface area contributed by atoms with Gasteiger partial charge >= 0.3 is 5.51 Å². The van der Waals surface area contributed by atoms with Crippen molar-refractivity contribution < 1.29 is 13.2 Å². The van der Waals surface area contributed by atoms with Crippen LogP contribution in [0.1, 0.15) is 45.4 Å². The summed E-state index contributed by atoms with van der Waals surface area (Å²) < 4.78 is 36.8. The van der Waals surface area contributed by atoms with Crippen molar-refractivity contribution >= 4 is 11.8 Å². The second-order valence-corrected chi connectivity index (χ2v) is 7.33. The van der Waals surface area contributed by atoms with Crippen molar-refractivity contribution in [1.29, 1.82) is 0 Å². The van der Waals surface area contributed by atoms with Crippen LogP contribution in [0.3, 0.4) is 0 Å². The molecule has 1 saturated carbocycles. The smallest absolute Gasteiger partial charge is 0.310 e. The van der Waals surface area contributed by atoms with E-state index in [1.165, 1.54) is 32.1 Å². The van der Waals surface area contributed by atoms with Gasteiger partial charge in [0.15, 0.2) is 0 Å². The molecule has 1 aliphatic heterocycles. The van der Waals surface area contributed by atoms with Gasteiger partial charge in [-0.25, -0.2) is 0 Å². The van der Waals surface area contributed by atoms with E-state index in [0.29, 0.717) is 12.6 Å². The summed E-state index contributed by atoms with van der Waals surface area (Å²) in [4.78, 5) is 2.27. The summed E-state index contributed by atoms with van der Waals surface area (Å²) in [7, 11) is 0. The second-order valence-electron chi connectivity index (χ2n) is 6.17. The molecule has 1 spiro atoms. The first kappa shape index (κ1) is 16.4. The van der Waals surface area contributed by atoms with Crippen LogP contribution in [-0.2, 0) is 0 Å². The van der Waals surface area contributed by atoms with Crippen molar-refractivity contribution in [1.82, 2.24) is 10.2 Å². The Bertz CT molecular complexity index is 303. The Morgan fingerprint density at radius 3 is 2.60 bits per heavy atom. The van der Waals surface area contributed by atoms with Gasteiger partial charge in [0.25, 0.3) is 0 Å². The van der Waals surface area contributed by atoms with Crippen molar-refractivity contribution in [3.05, 3.63) is 0 Å². The molecule has 6 heteroatoms. The van der Waals surface area contributed by atoms with Crippen LogP contribution in [-0.4, -0.2) is 47.4 Å². The number of rotatable bonds is 3. The third kappa shape index (κ3) is 4.81. The van der Waals surface area contributed by atoms with E-state index in [0.717, 1.165) is 19.5 Å². The molecule has 0 aromatic rings. The molecule has 0 bridgehead atoms. The van der Waals surface area contributed by atoms with Crippen molar-refractivity contribution in [2.24, 2.45) is 0 Å². The molecule has 0 aromatic carbocycles. The van der Waals surface area contributed by atoms with Crippen LogP contribution in [0.2, 0.25) is 0 Å².